The number of phosphoric acid groups is 2. The first-order valence-corrected chi connectivity index (χ1v) is 43.5. The Morgan fingerprint density at radius 2 is 0.526 bits per heavy atom. The van der Waals surface area contributed by atoms with Gasteiger partial charge in [-0.1, -0.05) is 356 Å². The third-order valence-corrected chi connectivity index (χ3v) is 20.5. The Balaban J connectivity index is 5.17. The second-order valence-electron chi connectivity index (χ2n) is 28.8. The predicted octanol–water partition coefficient (Wildman–Crippen LogP) is 23.1. The third-order valence-electron chi connectivity index (χ3n) is 18.6. The van der Waals surface area contributed by atoms with Crippen molar-refractivity contribution in [3.63, 3.8) is 0 Å². The van der Waals surface area contributed by atoms with E-state index in [1.54, 1.807) is 0 Å². The summed E-state index contributed by atoms with van der Waals surface area (Å²) in [5, 5.41) is 10.6. The number of hydrogen-bond acceptors (Lipinski definition) is 15. The molecule has 0 bridgehead atoms. The zero-order chi connectivity index (χ0) is 71.4. The molecule has 97 heavy (non-hydrogen) atoms. The molecule has 0 aromatic carbocycles. The molecule has 0 amide bonds. The molecule has 0 heterocycles. The fourth-order valence-electron chi connectivity index (χ4n) is 12.0. The topological polar surface area (TPSA) is 237 Å². The highest BCUT2D eigenvalue weighted by atomic mass is 31.2. The maximum absolute atomic E-state index is 13.1. The van der Waals surface area contributed by atoms with E-state index in [1.807, 2.05) is 0 Å². The van der Waals surface area contributed by atoms with E-state index in [-0.39, 0.29) is 25.7 Å². The van der Waals surface area contributed by atoms with Crippen LogP contribution in [0.1, 0.15) is 408 Å². The summed E-state index contributed by atoms with van der Waals surface area (Å²) < 4.78 is 68.5. The Labute approximate surface area is 594 Å². The van der Waals surface area contributed by atoms with Gasteiger partial charge in [-0.2, -0.15) is 0 Å². The zero-order valence-corrected chi connectivity index (χ0v) is 65.2. The Morgan fingerprint density at radius 3 is 0.784 bits per heavy atom. The van der Waals surface area contributed by atoms with Crippen LogP contribution in [0.15, 0.2) is 0 Å². The van der Waals surface area contributed by atoms with Gasteiger partial charge in [-0.3, -0.25) is 37.3 Å². The smallest absolute Gasteiger partial charge is 0.462 e. The van der Waals surface area contributed by atoms with E-state index < -0.39 is 97.5 Å². The van der Waals surface area contributed by atoms with Gasteiger partial charge in [-0.25, -0.2) is 9.13 Å². The number of aliphatic hydroxyl groups is 1. The molecular weight excluding hydrogens is 1270 g/mol. The first-order chi connectivity index (χ1) is 46.9. The molecule has 576 valence electrons. The molecule has 0 aliphatic rings. The second-order valence-corrected chi connectivity index (χ2v) is 31.7. The molecular formula is C78H152O17P2. The summed E-state index contributed by atoms with van der Waals surface area (Å²) in [7, 11) is -9.91. The molecule has 19 heteroatoms. The van der Waals surface area contributed by atoms with Crippen molar-refractivity contribution in [2.24, 2.45) is 11.8 Å². The van der Waals surface area contributed by atoms with E-state index in [0.29, 0.717) is 25.7 Å². The van der Waals surface area contributed by atoms with Gasteiger partial charge in [0.2, 0.25) is 0 Å². The summed E-state index contributed by atoms with van der Waals surface area (Å²) in [6.45, 7) is 9.61. The molecule has 6 atom stereocenters. The summed E-state index contributed by atoms with van der Waals surface area (Å²) in [6.07, 6.45) is 58.4. The van der Waals surface area contributed by atoms with E-state index in [2.05, 4.69) is 41.5 Å². The molecule has 0 saturated carbocycles. The molecule has 3 N–H and O–H groups in total. The highest BCUT2D eigenvalue weighted by Crippen LogP contribution is 2.45. The van der Waals surface area contributed by atoms with Crippen molar-refractivity contribution < 1.29 is 80.2 Å². The molecule has 17 nitrogen and oxygen atoms in total. The van der Waals surface area contributed by atoms with Crippen molar-refractivity contribution in [1.82, 2.24) is 0 Å². The van der Waals surface area contributed by atoms with E-state index in [0.717, 1.165) is 108 Å². The van der Waals surface area contributed by atoms with Crippen molar-refractivity contribution in [2.75, 3.05) is 39.6 Å². The average Bonchev–Trinajstić information content (AvgIpc) is 2.04. The van der Waals surface area contributed by atoms with Crippen LogP contribution >= 0.6 is 15.6 Å². The fraction of sp³-hybridized carbons (Fsp3) is 0.949. The minimum atomic E-state index is -4.96. The molecule has 0 rings (SSSR count). The van der Waals surface area contributed by atoms with Crippen LogP contribution in [0.25, 0.3) is 0 Å². The van der Waals surface area contributed by atoms with Gasteiger partial charge >= 0.3 is 39.5 Å². The molecule has 3 unspecified atom stereocenters. The van der Waals surface area contributed by atoms with Gasteiger partial charge in [0.1, 0.15) is 19.3 Å². The Bertz CT molecular complexity index is 1870. The predicted molar refractivity (Wildman–Crippen MR) is 395 cm³/mol. The highest BCUT2D eigenvalue weighted by molar-refractivity contribution is 7.47. The van der Waals surface area contributed by atoms with E-state index in [4.69, 9.17) is 37.0 Å². The number of esters is 4. The van der Waals surface area contributed by atoms with Gasteiger partial charge in [-0.15, -0.1) is 0 Å². The number of ether oxygens (including phenoxy) is 4. The van der Waals surface area contributed by atoms with Crippen molar-refractivity contribution in [3.8, 4) is 0 Å². The van der Waals surface area contributed by atoms with Crippen molar-refractivity contribution in [3.05, 3.63) is 0 Å². The SMILES string of the molecule is CCCCCCCCCCCCCCCCCCC(=O)OC[C@H](COP(=O)(O)OC[C@@H](O)COP(=O)(O)OC[C@@H](COC(=O)CCCCCCCCCC)OC(=O)CCCCCCCCCCC(C)C)OC(=O)CCCCCCCCCCCCCCCCCCCCC(C)CC. The maximum Gasteiger partial charge on any atom is 0.472 e. The molecule has 0 aromatic rings. The normalized spacial score (nSPS) is 14.2. The molecule has 0 aromatic heterocycles. The Kier molecular flexibility index (Phi) is 68.4. The first-order valence-electron chi connectivity index (χ1n) is 40.5. The van der Waals surface area contributed by atoms with Gasteiger partial charge in [0.15, 0.2) is 12.2 Å². The second kappa shape index (κ2) is 69.8. The summed E-state index contributed by atoms with van der Waals surface area (Å²) in [5.74, 6) is -0.528. The molecule has 0 spiro atoms. The zero-order valence-electron chi connectivity index (χ0n) is 63.4. The largest absolute Gasteiger partial charge is 0.472 e. The number of phosphoric ester groups is 2. The standard InChI is InChI=1S/C78H152O17P2/c1-7-10-12-14-16-18-19-20-21-27-30-33-36-43-49-55-61-76(81)89-67-74(94-77(82)62-56-50-44-37-34-31-28-25-23-22-24-26-29-32-35-41-47-53-59-71(6)9-3)69-93-97(86,87)91-65-72(79)64-90-96(84,85)92-68-73(66-88-75(80)60-54-48-42-17-15-13-11-8-2)95-78(83)63-57-51-45-39-38-40-46-52-58-70(4)5/h70-74,79H,7-69H2,1-6H3,(H,84,85)(H,86,87)/t71?,72-,73+,74+/m0/s1. The van der Waals surface area contributed by atoms with Crippen molar-refractivity contribution in [1.29, 1.82) is 0 Å². The van der Waals surface area contributed by atoms with Gasteiger partial charge in [0, 0.05) is 25.7 Å². The van der Waals surface area contributed by atoms with Crippen LogP contribution in [0.5, 0.6) is 0 Å². The molecule has 0 radical (unpaired) electrons. The minimum Gasteiger partial charge on any atom is -0.462 e. The van der Waals surface area contributed by atoms with Gasteiger partial charge < -0.3 is 33.8 Å². The lowest BCUT2D eigenvalue weighted by molar-refractivity contribution is -0.161. The van der Waals surface area contributed by atoms with Crippen LogP contribution in [0, 0.1) is 11.8 Å². The van der Waals surface area contributed by atoms with E-state index in [1.165, 1.54) is 218 Å². The molecule has 0 fully saturated rings. The van der Waals surface area contributed by atoms with Crippen LogP contribution in [-0.2, 0) is 65.4 Å². The Morgan fingerprint density at radius 1 is 0.299 bits per heavy atom. The summed E-state index contributed by atoms with van der Waals surface area (Å²) >= 11 is 0. The molecule has 0 saturated heterocycles. The number of aliphatic hydroxyl groups excluding tert-OH is 1. The third kappa shape index (κ3) is 70.9. The maximum atomic E-state index is 13.1. The highest BCUT2D eigenvalue weighted by Gasteiger charge is 2.30. The van der Waals surface area contributed by atoms with Crippen LogP contribution in [-0.4, -0.2) is 96.7 Å². The van der Waals surface area contributed by atoms with Crippen LogP contribution < -0.4 is 0 Å². The summed E-state index contributed by atoms with van der Waals surface area (Å²) in [5.41, 5.74) is 0. The monoisotopic (exact) mass is 1420 g/mol. The lowest BCUT2D eigenvalue weighted by Gasteiger charge is -2.21. The quantitative estimate of drug-likeness (QED) is 0.0222. The number of unbranched alkanes of at least 4 members (excludes halogenated alkanes) is 46. The fourth-order valence-corrected chi connectivity index (χ4v) is 13.6. The average molecular weight is 1420 g/mol. The number of carbonyl (C=O) groups excluding carboxylic acids is 4. The summed E-state index contributed by atoms with van der Waals surface area (Å²) in [6, 6.07) is 0. The Hall–Kier alpha value is -1.94. The van der Waals surface area contributed by atoms with Gasteiger partial charge in [0.05, 0.1) is 26.4 Å². The number of rotatable bonds is 77. The van der Waals surface area contributed by atoms with Crippen molar-refractivity contribution in [2.45, 2.75) is 426 Å². The van der Waals surface area contributed by atoms with Gasteiger partial charge in [-0.05, 0) is 37.5 Å². The lowest BCUT2D eigenvalue weighted by atomic mass is 9.99. The van der Waals surface area contributed by atoms with Gasteiger partial charge in [0.25, 0.3) is 0 Å². The first kappa shape index (κ1) is 95.1. The van der Waals surface area contributed by atoms with Crippen LogP contribution in [0.3, 0.4) is 0 Å². The molecule has 0 aliphatic carbocycles. The molecule has 0 aliphatic heterocycles. The van der Waals surface area contributed by atoms with Crippen LogP contribution in [0.2, 0.25) is 0 Å². The number of hydrogen-bond donors (Lipinski definition) is 3. The van der Waals surface area contributed by atoms with E-state index in [9.17, 15) is 43.2 Å². The van der Waals surface area contributed by atoms with Crippen LogP contribution in [0.4, 0.5) is 0 Å². The minimum absolute atomic E-state index is 0.105. The summed E-state index contributed by atoms with van der Waals surface area (Å²) in [4.78, 5) is 72.7. The van der Waals surface area contributed by atoms with Crippen molar-refractivity contribution >= 4 is 39.5 Å². The van der Waals surface area contributed by atoms with E-state index >= 15 is 0 Å². The lowest BCUT2D eigenvalue weighted by Crippen LogP contribution is -2.30. The number of carbonyl (C=O) groups is 4.